The summed E-state index contributed by atoms with van der Waals surface area (Å²) in [5.74, 6) is -0.262. The zero-order chi connectivity index (χ0) is 17.0. The molecule has 1 aromatic heterocycles. The highest BCUT2D eigenvalue weighted by Crippen LogP contribution is 2.42. The minimum atomic E-state index is -0.419. The van der Waals surface area contributed by atoms with Crippen molar-refractivity contribution in [3.8, 4) is 16.9 Å². The van der Waals surface area contributed by atoms with Crippen LogP contribution in [0.2, 0.25) is 5.02 Å². The van der Waals surface area contributed by atoms with Crippen LogP contribution in [-0.2, 0) is 7.05 Å². The molecule has 0 saturated carbocycles. The summed E-state index contributed by atoms with van der Waals surface area (Å²) in [7, 11) is 3.43. The van der Waals surface area contributed by atoms with Crippen molar-refractivity contribution in [3.05, 3.63) is 52.7 Å². The van der Waals surface area contributed by atoms with E-state index in [1.54, 1.807) is 25.3 Å². The van der Waals surface area contributed by atoms with Gasteiger partial charge in [-0.3, -0.25) is 14.9 Å². The molecule has 0 bridgehead atoms. The number of hydrogen-bond acceptors (Lipinski definition) is 3. The van der Waals surface area contributed by atoms with Gasteiger partial charge in [0.05, 0.1) is 23.3 Å². The molecular formula is C18H13ClN2O3. The molecule has 0 fully saturated rings. The van der Waals surface area contributed by atoms with E-state index in [9.17, 15) is 9.59 Å². The lowest BCUT2D eigenvalue weighted by Gasteiger charge is -2.14. The number of rotatable bonds is 2. The molecule has 1 aliphatic heterocycles. The predicted molar refractivity (Wildman–Crippen MR) is 91.7 cm³/mol. The molecule has 1 aliphatic rings. The SMILES string of the molecule is COc1cccc(Cl)c1-c1cc2c(ccn2C)c2c1C(=O)NC2=O. The first kappa shape index (κ1) is 14.8. The van der Waals surface area contributed by atoms with Crippen molar-refractivity contribution in [1.82, 2.24) is 9.88 Å². The van der Waals surface area contributed by atoms with Crippen LogP contribution in [0.1, 0.15) is 20.7 Å². The number of nitrogens with zero attached hydrogens (tertiary/aromatic N) is 1. The van der Waals surface area contributed by atoms with Gasteiger partial charge in [0, 0.05) is 35.3 Å². The van der Waals surface area contributed by atoms with Crippen LogP contribution >= 0.6 is 11.6 Å². The largest absolute Gasteiger partial charge is 0.496 e. The fraction of sp³-hybridized carbons (Fsp3) is 0.111. The Hall–Kier alpha value is -2.79. The second kappa shape index (κ2) is 5.11. The molecule has 0 atom stereocenters. The number of amides is 2. The van der Waals surface area contributed by atoms with Crippen molar-refractivity contribution in [1.29, 1.82) is 0 Å². The molecule has 120 valence electrons. The Morgan fingerprint density at radius 1 is 1.08 bits per heavy atom. The number of carbonyl (C=O) groups excluding carboxylic acids is 2. The average Bonchev–Trinajstić information content (AvgIpc) is 3.07. The van der Waals surface area contributed by atoms with Gasteiger partial charge >= 0.3 is 0 Å². The molecule has 1 N–H and O–H groups in total. The van der Waals surface area contributed by atoms with Gasteiger partial charge in [0.2, 0.25) is 0 Å². The molecule has 2 amide bonds. The van der Waals surface area contributed by atoms with E-state index in [1.165, 1.54) is 0 Å². The fourth-order valence-corrected chi connectivity index (χ4v) is 3.51. The maximum Gasteiger partial charge on any atom is 0.259 e. The number of nitrogens with one attached hydrogen (secondary N) is 1. The maximum atomic E-state index is 12.4. The molecule has 0 unspecified atom stereocenters. The summed E-state index contributed by atoms with van der Waals surface area (Å²) in [5, 5.41) is 3.58. The van der Waals surface area contributed by atoms with Crippen LogP contribution in [0.15, 0.2) is 36.5 Å². The van der Waals surface area contributed by atoms with E-state index in [0.717, 1.165) is 10.9 Å². The molecule has 2 aromatic carbocycles. The number of ether oxygens (including phenoxy) is 1. The number of carbonyl (C=O) groups is 2. The summed E-state index contributed by atoms with van der Waals surface area (Å²) >= 11 is 6.39. The van der Waals surface area contributed by atoms with Gasteiger partial charge in [0.25, 0.3) is 11.8 Å². The third-order valence-corrected chi connectivity index (χ3v) is 4.65. The smallest absolute Gasteiger partial charge is 0.259 e. The zero-order valence-electron chi connectivity index (χ0n) is 13.0. The Kier molecular flexibility index (Phi) is 3.15. The van der Waals surface area contributed by atoms with E-state index in [2.05, 4.69) is 5.32 Å². The second-order valence-electron chi connectivity index (χ2n) is 5.63. The molecule has 4 rings (SSSR count). The topological polar surface area (TPSA) is 60.3 Å². The standard InChI is InChI=1S/C18H13ClN2O3/c1-21-7-6-9-12(21)8-10(16-15(9)17(22)20-18(16)23)14-11(19)4-3-5-13(14)24-2/h3-8H,1-2H3,(H,20,22,23). The van der Waals surface area contributed by atoms with Crippen molar-refractivity contribution < 1.29 is 14.3 Å². The number of fused-ring (bicyclic) bond motifs is 3. The van der Waals surface area contributed by atoms with Crippen LogP contribution < -0.4 is 10.1 Å². The van der Waals surface area contributed by atoms with E-state index >= 15 is 0 Å². The zero-order valence-corrected chi connectivity index (χ0v) is 13.8. The van der Waals surface area contributed by atoms with Gasteiger partial charge in [-0.15, -0.1) is 0 Å². The number of aryl methyl sites for hydroxylation is 1. The summed E-state index contributed by atoms with van der Waals surface area (Å²) in [5.41, 5.74) is 2.76. The van der Waals surface area contributed by atoms with Gasteiger partial charge in [-0.05, 0) is 24.3 Å². The summed E-state index contributed by atoms with van der Waals surface area (Å²) in [6, 6.07) is 8.99. The monoisotopic (exact) mass is 340 g/mol. The Labute approximate surface area is 142 Å². The van der Waals surface area contributed by atoms with E-state index in [0.29, 0.717) is 33.0 Å². The lowest BCUT2D eigenvalue weighted by atomic mass is 9.93. The molecule has 0 spiro atoms. The van der Waals surface area contributed by atoms with Gasteiger partial charge in [-0.2, -0.15) is 0 Å². The molecule has 0 saturated heterocycles. The van der Waals surface area contributed by atoms with E-state index < -0.39 is 5.91 Å². The van der Waals surface area contributed by atoms with Crippen molar-refractivity contribution >= 4 is 34.3 Å². The van der Waals surface area contributed by atoms with Crippen molar-refractivity contribution in [2.24, 2.45) is 7.05 Å². The summed E-state index contributed by atoms with van der Waals surface area (Å²) in [6.07, 6.45) is 1.86. The van der Waals surface area contributed by atoms with Crippen LogP contribution in [0.3, 0.4) is 0 Å². The third-order valence-electron chi connectivity index (χ3n) is 4.34. The van der Waals surface area contributed by atoms with E-state index in [1.807, 2.05) is 29.9 Å². The molecule has 2 heterocycles. The molecule has 0 aliphatic carbocycles. The van der Waals surface area contributed by atoms with Crippen LogP contribution in [-0.4, -0.2) is 23.5 Å². The van der Waals surface area contributed by atoms with Gasteiger partial charge in [-0.1, -0.05) is 17.7 Å². The Morgan fingerprint density at radius 2 is 1.83 bits per heavy atom. The van der Waals surface area contributed by atoms with Crippen LogP contribution in [0.4, 0.5) is 0 Å². The van der Waals surface area contributed by atoms with Crippen molar-refractivity contribution in [3.63, 3.8) is 0 Å². The summed E-state index contributed by atoms with van der Waals surface area (Å²) in [4.78, 5) is 24.7. The maximum absolute atomic E-state index is 12.4. The van der Waals surface area contributed by atoms with Crippen LogP contribution in [0.5, 0.6) is 5.75 Å². The predicted octanol–water partition coefficient (Wildman–Crippen LogP) is 3.39. The highest BCUT2D eigenvalue weighted by Gasteiger charge is 2.34. The van der Waals surface area contributed by atoms with Gasteiger partial charge in [0.15, 0.2) is 0 Å². The van der Waals surface area contributed by atoms with Crippen molar-refractivity contribution in [2.45, 2.75) is 0 Å². The minimum Gasteiger partial charge on any atom is -0.496 e. The highest BCUT2D eigenvalue weighted by molar-refractivity contribution is 6.35. The quantitative estimate of drug-likeness (QED) is 0.727. The first-order valence-corrected chi connectivity index (χ1v) is 7.71. The lowest BCUT2D eigenvalue weighted by molar-refractivity contribution is 0.0880. The van der Waals surface area contributed by atoms with Gasteiger partial charge in [0.1, 0.15) is 5.75 Å². The Bertz CT molecular complexity index is 1040. The number of aromatic nitrogens is 1. The number of hydrogen-bond donors (Lipinski definition) is 1. The number of benzene rings is 2. The molecule has 24 heavy (non-hydrogen) atoms. The van der Waals surface area contributed by atoms with Crippen LogP contribution in [0.25, 0.3) is 22.0 Å². The number of imide groups is 1. The average molecular weight is 341 g/mol. The highest BCUT2D eigenvalue weighted by atomic mass is 35.5. The lowest BCUT2D eigenvalue weighted by Crippen LogP contribution is -2.20. The van der Waals surface area contributed by atoms with Crippen molar-refractivity contribution in [2.75, 3.05) is 7.11 Å². The molecular weight excluding hydrogens is 328 g/mol. The third kappa shape index (κ3) is 1.88. The Balaban J connectivity index is 2.19. The minimum absolute atomic E-state index is 0.338. The summed E-state index contributed by atoms with van der Waals surface area (Å²) < 4.78 is 7.32. The number of methoxy groups -OCH3 is 1. The van der Waals surface area contributed by atoms with Crippen LogP contribution in [0, 0.1) is 0 Å². The summed E-state index contributed by atoms with van der Waals surface area (Å²) in [6.45, 7) is 0. The van der Waals surface area contributed by atoms with Gasteiger partial charge in [-0.25, -0.2) is 0 Å². The van der Waals surface area contributed by atoms with Gasteiger partial charge < -0.3 is 9.30 Å². The normalized spacial score (nSPS) is 13.3. The van der Waals surface area contributed by atoms with E-state index in [4.69, 9.17) is 16.3 Å². The molecule has 0 radical (unpaired) electrons. The first-order valence-electron chi connectivity index (χ1n) is 7.33. The first-order chi connectivity index (χ1) is 11.5. The molecule has 3 aromatic rings. The molecule has 6 heteroatoms. The Morgan fingerprint density at radius 3 is 2.58 bits per heavy atom. The number of halogens is 1. The fourth-order valence-electron chi connectivity index (χ4n) is 3.24. The second-order valence-corrected chi connectivity index (χ2v) is 6.04. The van der Waals surface area contributed by atoms with E-state index in [-0.39, 0.29) is 5.91 Å². The molecule has 5 nitrogen and oxygen atoms in total.